The molecule has 1 heterocycles. The highest BCUT2D eigenvalue weighted by Gasteiger charge is 2.22. The first-order chi connectivity index (χ1) is 8.38. The van der Waals surface area contributed by atoms with Crippen LogP contribution in [0.2, 0.25) is 0 Å². The maximum atomic E-state index is 5.43. The van der Waals surface area contributed by atoms with E-state index < -0.39 is 0 Å². The first-order valence-corrected chi connectivity index (χ1v) is 5.69. The lowest BCUT2D eigenvalue weighted by atomic mass is 9.92. The molecule has 1 aliphatic carbocycles. The highest BCUT2D eigenvalue weighted by atomic mass is 16.7. The standard InChI is InChI=1S/C14H14O3/c1-15-12-7-11(10-5-3-2-4-6-10)8-13-14(12)17-9-16-13/h2-5,7-8,10H,6,9H2,1H3. The quantitative estimate of drug-likeness (QED) is 0.781. The first-order valence-electron chi connectivity index (χ1n) is 5.69. The Bertz CT molecular complexity index is 488. The smallest absolute Gasteiger partial charge is 0.231 e. The number of allylic oxidation sites excluding steroid dienone is 4. The Morgan fingerprint density at radius 2 is 2.18 bits per heavy atom. The lowest BCUT2D eigenvalue weighted by Crippen LogP contribution is -1.97. The summed E-state index contributed by atoms with van der Waals surface area (Å²) in [6, 6.07) is 4.07. The maximum absolute atomic E-state index is 5.43. The van der Waals surface area contributed by atoms with Crippen LogP contribution in [0.3, 0.4) is 0 Å². The number of hydrogen-bond acceptors (Lipinski definition) is 3. The molecule has 3 heteroatoms. The molecule has 1 aromatic carbocycles. The van der Waals surface area contributed by atoms with E-state index in [1.54, 1.807) is 7.11 Å². The van der Waals surface area contributed by atoms with Crippen LogP contribution in [-0.4, -0.2) is 13.9 Å². The van der Waals surface area contributed by atoms with E-state index in [9.17, 15) is 0 Å². The summed E-state index contributed by atoms with van der Waals surface area (Å²) in [7, 11) is 1.65. The minimum atomic E-state index is 0.273. The normalized spacial score (nSPS) is 20.6. The van der Waals surface area contributed by atoms with Crippen LogP contribution in [0.15, 0.2) is 36.4 Å². The summed E-state index contributed by atoms with van der Waals surface area (Å²) in [5, 5.41) is 0. The molecule has 0 saturated heterocycles. The second-order valence-corrected chi connectivity index (χ2v) is 4.11. The van der Waals surface area contributed by atoms with Crippen LogP contribution < -0.4 is 14.2 Å². The average Bonchev–Trinajstić information content (AvgIpc) is 2.86. The average molecular weight is 230 g/mol. The molecule has 1 aliphatic heterocycles. The fraction of sp³-hybridized carbons (Fsp3) is 0.286. The molecular formula is C14H14O3. The topological polar surface area (TPSA) is 27.7 Å². The van der Waals surface area contributed by atoms with Gasteiger partial charge in [0.2, 0.25) is 12.5 Å². The monoisotopic (exact) mass is 230 g/mol. The van der Waals surface area contributed by atoms with Gasteiger partial charge >= 0.3 is 0 Å². The molecule has 3 nitrogen and oxygen atoms in total. The van der Waals surface area contributed by atoms with Crippen molar-refractivity contribution in [2.75, 3.05) is 13.9 Å². The van der Waals surface area contributed by atoms with E-state index in [4.69, 9.17) is 14.2 Å². The second kappa shape index (κ2) is 4.17. The Labute approximate surface area is 100 Å². The van der Waals surface area contributed by atoms with Gasteiger partial charge in [-0.15, -0.1) is 0 Å². The number of ether oxygens (including phenoxy) is 3. The summed E-state index contributed by atoms with van der Waals surface area (Å²) in [6.07, 6.45) is 9.52. The molecule has 1 unspecified atom stereocenters. The molecule has 0 radical (unpaired) electrons. The van der Waals surface area contributed by atoms with Crippen molar-refractivity contribution >= 4 is 0 Å². The van der Waals surface area contributed by atoms with Crippen molar-refractivity contribution in [1.29, 1.82) is 0 Å². The molecule has 0 saturated carbocycles. The zero-order chi connectivity index (χ0) is 11.7. The SMILES string of the molecule is COc1cc(C2C=CC=CC2)cc2c1OCO2. The Morgan fingerprint density at radius 3 is 2.94 bits per heavy atom. The first kappa shape index (κ1) is 10.3. The minimum Gasteiger partial charge on any atom is -0.493 e. The Kier molecular flexibility index (Phi) is 2.52. The third kappa shape index (κ3) is 1.78. The van der Waals surface area contributed by atoms with Crippen LogP contribution in [0.1, 0.15) is 17.9 Å². The lowest BCUT2D eigenvalue weighted by Gasteiger charge is -2.15. The van der Waals surface area contributed by atoms with Crippen molar-refractivity contribution in [3.63, 3.8) is 0 Å². The van der Waals surface area contributed by atoms with Crippen molar-refractivity contribution in [1.82, 2.24) is 0 Å². The number of rotatable bonds is 2. The van der Waals surface area contributed by atoms with Gasteiger partial charge in [-0.1, -0.05) is 24.3 Å². The fourth-order valence-electron chi connectivity index (χ4n) is 2.19. The summed E-state index contributed by atoms with van der Waals surface area (Å²) in [5.74, 6) is 2.63. The van der Waals surface area contributed by atoms with E-state index in [0.717, 1.165) is 17.9 Å². The summed E-state index contributed by atoms with van der Waals surface area (Å²) < 4.78 is 16.2. The van der Waals surface area contributed by atoms with Gasteiger partial charge in [0.25, 0.3) is 0 Å². The highest BCUT2D eigenvalue weighted by Crippen LogP contribution is 2.44. The Hall–Kier alpha value is -1.90. The molecule has 0 aromatic heterocycles. The summed E-state index contributed by atoms with van der Waals surface area (Å²) >= 11 is 0. The largest absolute Gasteiger partial charge is 0.493 e. The maximum Gasteiger partial charge on any atom is 0.231 e. The highest BCUT2D eigenvalue weighted by molar-refractivity contribution is 5.56. The molecule has 3 rings (SSSR count). The minimum absolute atomic E-state index is 0.273. The van der Waals surface area contributed by atoms with E-state index in [0.29, 0.717) is 11.7 Å². The predicted molar refractivity (Wildman–Crippen MR) is 64.8 cm³/mol. The number of methoxy groups -OCH3 is 1. The van der Waals surface area contributed by atoms with Gasteiger partial charge in [-0.25, -0.2) is 0 Å². The Morgan fingerprint density at radius 1 is 1.24 bits per heavy atom. The van der Waals surface area contributed by atoms with Crippen LogP contribution >= 0.6 is 0 Å². The fourth-order valence-corrected chi connectivity index (χ4v) is 2.19. The molecule has 0 fully saturated rings. The third-order valence-electron chi connectivity index (χ3n) is 3.09. The van der Waals surface area contributed by atoms with Gasteiger partial charge in [-0.2, -0.15) is 0 Å². The molecule has 0 spiro atoms. The molecule has 0 amide bonds. The van der Waals surface area contributed by atoms with Crippen molar-refractivity contribution in [2.45, 2.75) is 12.3 Å². The van der Waals surface area contributed by atoms with Crippen molar-refractivity contribution in [2.24, 2.45) is 0 Å². The lowest BCUT2D eigenvalue weighted by molar-refractivity contribution is 0.171. The van der Waals surface area contributed by atoms with Crippen LogP contribution in [0, 0.1) is 0 Å². The van der Waals surface area contributed by atoms with Gasteiger partial charge in [-0.05, 0) is 24.1 Å². The van der Waals surface area contributed by atoms with Gasteiger partial charge in [0.05, 0.1) is 7.11 Å². The molecule has 88 valence electrons. The summed E-state index contributed by atoms with van der Waals surface area (Å²) in [5.41, 5.74) is 1.20. The van der Waals surface area contributed by atoms with E-state index in [1.807, 2.05) is 12.1 Å². The predicted octanol–water partition coefficient (Wildman–Crippen LogP) is 3.02. The Balaban J connectivity index is 2.00. The molecule has 0 N–H and O–H groups in total. The van der Waals surface area contributed by atoms with Crippen LogP contribution in [-0.2, 0) is 0 Å². The zero-order valence-corrected chi connectivity index (χ0v) is 9.68. The zero-order valence-electron chi connectivity index (χ0n) is 9.68. The van der Waals surface area contributed by atoms with E-state index >= 15 is 0 Å². The van der Waals surface area contributed by atoms with Gasteiger partial charge in [0.15, 0.2) is 11.5 Å². The van der Waals surface area contributed by atoms with Gasteiger partial charge < -0.3 is 14.2 Å². The molecule has 1 atom stereocenters. The summed E-state index contributed by atoms with van der Waals surface area (Å²) in [4.78, 5) is 0. The van der Waals surface area contributed by atoms with Crippen LogP contribution in [0.5, 0.6) is 17.2 Å². The molecular weight excluding hydrogens is 216 g/mol. The van der Waals surface area contributed by atoms with Crippen molar-refractivity contribution in [3.8, 4) is 17.2 Å². The van der Waals surface area contributed by atoms with Crippen LogP contribution in [0.25, 0.3) is 0 Å². The molecule has 1 aromatic rings. The van der Waals surface area contributed by atoms with E-state index in [-0.39, 0.29) is 6.79 Å². The van der Waals surface area contributed by atoms with Crippen LogP contribution in [0.4, 0.5) is 0 Å². The van der Waals surface area contributed by atoms with Gasteiger partial charge in [0.1, 0.15) is 0 Å². The van der Waals surface area contributed by atoms with Gasteiger partial charge in [-0.3, -0.25) is 0 Å². The summed E-state index contributed by atoms with van der Waals surface area (Å²) in [6.45, 7) is 0.273. The number of benzene rings is 1. The molecule has 0 bridgehead atoms. The van der Waals surface area contributed by atoms with Gasteiger partial charge in [0, 0.05) is 5.92 Å². The second-order valence-electron chi connectivity index (χ2n) is 4.11. The third-order valence-corrected chi connectivity index (χ3v) is 3.09. The number of fused-ring (bicyclic) bond motifs is 1. The van der Waals surface area contributed by atoms with Crippen molar-refractivity contribution in [3.05, 3.63) is 42.0 Å². The van der Waals surface area contributed by atoms with E-state index in [1.165, 1.54) is 5.56 Å². The molecule has 17 heavy (non-hydrogen) atoms. The van der Waals surface area contributed by atoms with E-state index in [2.05, 4.69) is 24.3 Å². The van der Waals surface area contributed by atoms with Crippen molar-refractivity contribution < 1.29 is 14.2 Å². The molecule has 2 aliphatic rings. The number of hydrogen-bond donors (Lipinski definition) is 0.